The zero-order chi connectivity index (χ0) is 42.5. The SMILES string of the molecule is C=CCO[C@@]12Oc3ccc(Oc4cccc([N+](=O)[O-])c4)cc3[C@H]3[C@H](CCCCO)[C@@H](CCCCO)C=C(C(=NOCC)C[C@@H]1N(C)C(=O)OCCOCc1ccccc1)[C@H]32. The fraction of sp³-hybridized carbons (Fsp3) is 0.478. The number of fused-ring (bicyclic) bond motifs is 2. The van der Waals surface area contributed by atoms with Crippen LogP contribution in [0.3, 0.4) is 0 Å². The van der Waals surface area contributed by atoms with Crippen LogP contribution in [-0.4, -0.2) is 90.4 Å². The number of hydrogen-bond acceptors (Lipinski definition) is 12. The first-order valence-corrected chi connectivity index (χ1v) is 20.9. The highest BCUT2D eigenvalue weighted by atomic mass is 16.7. The summed E-state index contributed by atoms with van der Waals surface area (Å²) in [5, 5.41) is 35.9. The van der Waals surface area contributed by atoms with E-state index in [1.807, 2.05) is 49.4 Å². The number of nitro benzene ring substituents is 1. The lowest BCUT2D eigenvalue weighted by molar-refractivity contribution is -0.384. The van der Waals surface area contributed by atoms with Crippen LogP contribution in [0.4, 0.5) is 10.5 Å². The molecule has 6 atom stereocenters. The molecule has 14 heteroatoms. The number of amides is 1. The normalized spacial score (nSPS) is 23.4. The van der Waals surface area contributed by atoms with E-state index in [0.717, 1.165) is 42.4 Å². The molecular weight excluding hydrogens is 771 g/mol. The number of unbranched alkanes of at least 4 members (excludes halogenated alkanes) is 2. The van der Waals surface area contributed by atoms with E-state index in [2.05, 4.69) is 17.8 Å². The number of allylic oxidation sites excluding steroid dienone is 1. The number of nitrogens with zero attached hydrogens (tertiary/aromatic N) is 3. The number of ether oxygens (including phenoxy) is 5. The molecule has 14 nitrogen and oxygen atoms in total. The van der Waals surface area contributed by atoms with Gasteiger partial charge >= 0.3 is 6.09 Å². The Morgan fingerprint density at radius 3 is 2.52 bits per heavy atom. The number of oxime groups is 1. The van der Waals surface area contributed by atoms with Crippen molar-refractivity contribution in [2.45, 2.75) is 76.2 Å². The maximum Gasteiger partial charge on any atom is 0.410 e. The van der Waals surface area contributed by atoms with Crippen molar-refractivity contribution in [1.82, 2.24) is 4.90 Å². The van der Waals surface area contributed by atoms with Crippen LogP contribution in [-0.2, 0) is 25.7 Å². The summed E-state index contributed by atoms with van der Waals surface area (Å²) in [6.07, 6.45) is 7.93. The number of hydrogen-bond donors (Lipinski definition) is 2. The summed E-state index contributed by atoms with van der Waals surface area (Å²) in [5.74, 6) is -0.899. The van der Waals surface area contributed by atoms with Crippen molar-refractivity contribution in [3.63, 3.8) is 0 Å². The second kappa shape index (κ2) is 21.3. The molecule has 0 radical (unpaired) electrons. The van der Waals surface area contributed by atoms with Gasteiger partial charge in [0.1, 0.15) is 36.5 Å². The topological polar surface area (TPSA) is 172 Å². The fourth-order valence-corrected chi connectivity index (χ4v) is 8.91. The fourth-order valence-electron chi connectivity index (χ4n) is 8.91. The van der Waals surface area contributed by atoms with Gasteiger partial charge in [-0.15, -0.1) is 6.58 Å². The molecule has 322 valence electrons. The first kappa shape index (κ1) is 44.3. The third-order valence-electron chi connectivity index (χ3n) is 11.5. The first-order chi connectivity index (χ1) is 29.2. The van der Waals surface area contributed by atoms with Gasteiger partial charge in [0.15, 0.2) is 0 Å². The molecule has 1 amide bonds. The highest BCUT2D eigenvalue weighted by Gasteiger charge is 2.65. The number of rotatable bonds is 22. The van der Waals surface area contributed by atoms with Crippen LogP contribution in [0.15, 0.2) is 102 Å². The lowest BCUT2D eigenvalue weighted by Gasteiger charge is -2.59. The minimum absolute atomic E-state index is 0.00229. The van der Waals surface area contributed by atoms with Gasteiger partial charge in [-0.3, -0.25) is 10.1 Å². The maximum atomic E-state index is 14.0. The van der Waals surface area contributed by atoms with E-state index in [9.17, 15) is 25.1 Å². The Hall–Kier alpha value is -5.28. The standard InChI is InChI=1S/C46H57N3O11/c1-4-24-57-46-42(48(3)45(52)56-26-25-55-31-32-14-7-6-8-15-32)30-40(47-58-5-2)38-27-33(16-9-11-22-50)37(19-10-12-23-51)43(44(38)46)39-29-36(20-21-41(39)60-46)59-35-18-13-17-34(28-35)49(53)54/h4,6-8,13-15,17-18,20-21,27-29,33,37,42-44,50-51H,1,5,9-12,16,19,22-26,30-31H2,2-3H3/t33-,37+,42-,43+,44+,46+/m0/s1. The second-order valence-corrected chi connectivity index (χ2v) is 15.3. The van der Waals surface area contributed by atoms with Gasteiger partial charge in [-0.1, -0.05) is 66.5 Å². The third kappa shape index (κ3) is 10.2. The lowest BCUT2D eigenvalue weighted by Crippen LogP contribution is -2.69. The van der Waals surface area contributed by atoms with Gasteiger partial charge < -0.3 is 43.6 Å². The Morgan fingerprint density at radius 1 is 1.02 bits per heavy atom. The summed E-state index contributed by atoms with van der Waals surface area (Å²) in [7, 11) is 1.67. The summed E-state index contributed by atoms with van der Waals surface area (Å²) in [4.78, 5) is 32.4. The van der Waals surface area contributed by atoms with Gasteiger partial charge in [-0.2, -0.15) is 0 Å². The summed E-state index contributed by atoms with van der Waals surface area (Å²) in [5.41, 5.74) is 3.33. The minimum atomic E-state index is -1.45. The van der Waals surface area contributed by atoms with Gasteiger partial charge in [0, 0.05) is 44.2 Å². The molecular formula is C46H57N3O11. The molecule has 2 aliphatic carbocycles. The molecule has 3 aromatic rings. The molecule has 1 saturated carbocycles. The smallest absolute Gasteiger partial charge is 0.410 e. The van der Waals surface area contributed by atoms with Crippen molar-refractivity contribution in [2.75, 3.05) is 46.7 Å². The van der Waals surface area contributed by atoms with Crippen LogP contribution < -0.4 is 9.47 Å². The van der Waals surface area contributed by atoms with E-state index >= 15 is 0 Å². The molecule has 0 spiro atoms. The van der Waals surface area contributed by atoms with Crippen LogP contribution in [0, 0.1) is 27.9 Å². The molecule has 6 rings (SSSR count). The van der Waals surface area contributed by atoms with E-state index in [0.29, 0.717) is 49.0 Å². The Bertz CT molecular complexity index is 1970. The van der Waals surface area contributed by atoms with Crippen molar-refractivity contribution >= 4 is 17.5 Å². The van der Waals surface area contributed by atoms with Crippen LogP contribution in [0.5, 0.6) is 17.2 Å². The molecule has 0 unspecified atom stereocenters. The van der Waals surface area contributed by atoms with Crippen LogP contribution in [0.25, 0.3) is 0 Å². The molecule has 1 fully saturated rings. The molecule has 0 aromatic heterocycles. The van der Waals surface area contributed by atoms with Crippen LogP contribution in [0.1, 0.15) is 68.9 Å². The number of carbonyl (C=O) groups is 1. The number of carbonyl (C=O) groups excluding carboxylic acids is 1. The van der Waals surface area contributed by atoms with E-state index in [-0.39, 0.29) is 62.9 Å². The minimum Gasteiger partial charge on any atom is -0.459 e. The zero-order valence-corrected chi connectivity index (χ0v) is 34.5. The second-order valence-electron chi connectivity index (χ2n) is 15.3. The van der Waals surface area contributed by atoms with Crippen molar-refractivity contribution in [3.8, 4) is 17.2 Å². The van der Waals surface area contributed by atoms with Crippen LogP contribution in [0.2, 0.25) is 0 Å². The molecule has 0 saturated heterocycles. The van der Waals surface area contributed by atoms with Gasteiger partial charge in [0.25, 0.3) is 5.69 Å². The third-order valence-corrected chi connectivity index (χ3v) is 11.5. The average Bonchev–Trinajstić information content (AvgIpc) is 3.26. The highest BCUT2D eigenvalue weighted by molar-refractivity contribution is 6.02. The molecule has 0 bridgehead atoms. The van der Waals surface area contributed by atoms with Gasteiger partial charge in [-0.05, 0) is 79.8 Å². The molecule has 60 heavy (non-hydrogen) atoms. The average molecular weight is 828 g/mol. The van der Waals surface area contributed by atoms with E-state index in [1.54, 1.807) is 31.3 Å². The highest BCUT2D eigenvalue weighted by Crippen LogP contribution is 2.62. The van der Waals surface area contributed by atoms with E-state index in [4.69, 9.17) is 28.5 Å². The number of nitro groups is 1. The largest absolute Gasteiger partial charge is 0.459 e. The molecule has 1 aliphatic heterocycles. The van der Waals surface area contributed by atoms with E-state index in [1.165, 1.54) is 17.0 Å². The van der Waals surface area contributed by atoms with Crippen molar-refractivity contribution < 1.29 is 48.5 Å². The zero-order valence-electron chi connectivity index (χ0n) is 34.5. The summed E-state index contributed by atoms with van der Waals surface area (Å²) < 4.78 is 31.9. The molecule has 3 aliphatic rings. The van der Waals surface area contributed by atoms with Crippen molar-refractivity contribution in [3.05, 3.63) is 118 Å². The monoisotopic (exact) mass is 827 g/mol. The molecule has 2 N–H and O–H groups in total. The number of aliphatic hydroxyl groups excluding tert-OH is 2. The Morgan fingerprint density at radius 2 is 1.78 bits per heavy atom. The van der Waals surface area contributed by atoms with Gasteiger partial charge in [0.2, 0.25) is 5.79 Å². The number of benzene rings is 3. The predicted molar refractivity (Wildman–Crippen MR) is 225 cm³/mol. The predicted octanol–water partition coefficient (Wildman–Crippen LogP) is 8.33. The summed E-state index contributed by atoms with van der Waals surface area (Å²) in [6, 6.07) is 20.6. The first-order valence-electron chi connectivity index (χ1n) is 20.9. The maximum absolute atomic E-state index is 14.0. The quantitative estimate of drug-likeness (QED) is 0.0432. The van der Waals surface area contributed by atoms with Crippen molar-refractivity contribution in [2.24, 2.45) is 22.9 Å². The van der Waals surface area contributed by atoms with E-state index < -0.39 is 28.8 Å². The number of likely N-dealkylation sites (N-methyl/N-ethyl adjacent to an activating group) is 1. The van der Waals surface area contributed by atoms with Crippen LogP contribution >= 0.6 is 0 Å². The molecule has 3 aromatic carbocycles. The Balaban J connectivity index is 1.44. The Kier molecular flexibility index (Phi) is 15.7. The number of non-ortho nitro benzene ring substituents is 1. The lowest BCUT2D eigenvalue weighted by atomic mass is 9.55. The van der Waals surface area contributed by atoms with Gasteiger partial charge in [0.05, 0.1) is 42.4 Å². The summed E-state index contributed by atoms with van der Waals surface area (Å²) in [6.45, 7) is 7.01. The van der Waals surface area contributed by atoms with Crippen molar-refractivity contribution in [1.29, 1.82) is 0 Å². The Labute approximate surface area is 351 Å². The molecule has 1 heterocycles. The summed E-state index contributed by atoms with van der Waals surface area (Å²) >= 11 is 0. The van der Waals surface area contributed by atoms with Gasteiger partial charge in [-0.25, -0.2) is 4.79 Å². The number of aliphatic hydroxyl groups is 2.